The van der Waals surface area contributed by atoms with Crippen molar-refractivity contribution in [1.82, 2.24) is 5.32 Å². The molecule has 1 atom stereocenters. The van der Waals surface area contributed by atoms with Crippen molar-refractivity contribution < 1.29 is 54.0 Å². The fourth-order valence-electron chi connectivity index (χ4n) is 2.02. The molecule has 0 saturated heterocycles. The maximum atomic E-state index is 13.4. The highest BCUT2D eigenvalue weighted by atomic mass is 127. The predicted octanol–water partition coefficient (Wildman–Crippen LogP) is 3.88. The number of carbonyl (C=O) groups excluding carboxylic acids is 3. The van der Waals surface area contributed by atoms with Gasteiger partial charge < -0.3 is 4.74 Å². The molecule has 0 spiro atoms. The first-order chi connectivity index (χ1) is 14.4. The number of amides is 2. The Balaban J connectivity index is 2.70. The highest BCUT2D eigenvalue weighted by Gasteiger charge is 2.65. The van der Waals surface area contributed by atoms with E-state index in [1.54, 1.807) is 6.07 Å². The maximum absolute atomic E-state index is 13.4. The lowest BCUT2D eigenvalue weighted by Gasteiger charge is -2.26. The van der Waals surface area contributed by atoms with Crippen molar-refractivity contribution in [3.05, 3.63) is 28.4 Å². The Morgan fingerprint density at radius 3 is 2.12 bits per heavy atom. The minimum Gasteiger partial charge on any atom is -0.445 e. The summed E-state index contributed by atoms with van der Waals surface area (Å²) in [5.41, 5.74) is 0.190. The molecule has 0 aliphatic carbocycles. The van der Waals surface area contributed by atoms with Crippen LogP contribution in [0.4, 0.5) is 22.0 Å². The lowest BCUT2D eigenvalue weighted by atomic mass is 10.2. The van der Waals surface area contributed by atoms with Gasteiger partial charge in [-0.2, -0.15) is 30.4 Å². The van der Waals surface area contributed by atoms with Crippen molar-refractivity contribution in [2.24, 2.45) is 0 Å². The number of esters is 1. The van der Waals surface area contributed by atoms with Crippen molar-refractivity contribution in [2.45, 2.75) is 36.8 Å². The normalized spacial score (nSPS) is 13.4. The van der Waals surface area contributed by atoms with E-state index in [0.29, 0.717) is 7.14 Å². The van der Waals surface area contributed by atoms with E-state index in [4.69, 9.17) is 4.55 Å². The van der Waals surface area contributed by atoms with Gasteiger partial charge in [0, 0.05) is 23.6 Å². The molecule has 0 saturated carbocycles. The number of hydrogen-bond donors (Lipinski definition) is 2. The summed E-state index contributed by atoms with van der Waals surface area (Å²) < 4.78 is 99.8. The topological polar surface area (TPSA) is 127 Å². The summed E-state index contributed by atoms with van der Waals surface area (Å²) in [7, 11) is -6.55. The average molecular weight is 825 g/mol. The first kappa shape index (κ1) is 29.6. The zero-order valence-corrected chi connectivity index (χ0v) is 22.5. The van der Waals surface area contributed by atoms with Crippen LogP contribution in [0.2, 0.25) is 0 Å². The number of rotatable bonds is 8. The van der Waals surface area contributed by atoms with Crippen LogP contribution in [0.1, 0.15) is 29.6 Å². The Bertz CT molecular complexity index is 1020. The van der Waals surface area contributed by atoms with Crippen LogP contribution >= 0.6 is 67.8 Å². The third kappa shape index (κ3) is 8.11. The number of carbonyl (C=O) groups is 3. The van der Waals surface area contributed by atoms with Gasteiger partial charge in [-0.1, -0.05) is 0 Å². The molecule has 1 rings (SSSR count). The van der Waals surface area contributed by atoms with E-state index in [1.807, 2.05) is 73.1 Å². The van der Waals surface area contributed by atoms with Gasteiger partial charge in [0.15, 0.2) is 0 Å². The SMILES string of the molecule is O=C(CCCC(=O)OC(C(F)(F)F)C(F)(F)S(=O)(=O)O)NC(=O)c1cc(I)cc(I)c1I. The van der Waals surface area contributed by atoms with Gasteiger partial charge in [0.1, 0.15) is 0 Å². The molecule has 17 heteroatoms. The summed E-state index contributed by atoms with van der Waals surface area (Å²) in [6.07, 6.45) is -12.5. The van der Waals surface area contributed by atoms with Crippen molar-refractivity contribution >= 4 is 95.7 Å². The third-order valence-electron chi connectivity index (χ3n) is 3.47. The van der Waals surface area contributed by atoms with Gasteiger partial charge in [0.2, 0.25) is 5.91 Å². The monoisotopic (exact) mass is 825 g/mol. The summed E-state index contributed by atoms with van der Waals surface area (Å²) in [5, 5.41) is -3.82. The molecule has 2 amide bonds. The van der Waals surface area contributed by atoms with E-state index < -0.39 is 64.7 Å². The summed E-state index contributed by atoms with van der Waals surface area (Å²) in [6, 6.07) is 3.30. The summed E-state index contributed by atoms with van der Waals surface area (Å²) in [4.78, 5) is 35.6. The van der Waals surface area contributed by atoms with E-state index in [-0.39, 0.29) is 5.56 Å². The molecule has 0 radical (unpaired) electrons. The molecule has 0 aliphatic rings. The number of ether oxygens (including phenoxy) is 1. The number of imide groups is 1. The van der Waals surface area contributed by atoms with E-state index in [1.165, 1.54) is 6.07 Å². The van der Waals surface area contributed by atoms with Crippen LogP contribution in [0.3, 0.4) is 0 Å². The molecule has 1 aromatic carbocycles. The molecule has 0 aliphatic heterocycles. The van der Waals surface area contributed by atoms with Gasteiger partial charge >= 0.3 is 27.5 Å². The van der Waals surface area contributed by atoms with Crippen molar-refractivity contribution in [2.75, 3.05) is 0 Å². The molecule has 8 nitrogen and oxygen atoms in total. The van der Waals surface area contributed by atoms with Crippen LogP contribution < -0.4 is 5.32 Å². The van der Waals surface area contributed by atoms with Gasteiger partial charge in [0.25, 0.3) is 12.0 Å². The number of hydrogen-bond acceptors (Lipinski definition) is 6. The molecule has 0 aromatic heterocycles. The van der Waals surface area contributed by atoms with E-state index >= 15 is 0 Å². The Morgan fingerprint density at radius 1 is 1.06 bits per heavy atom. The van der Waals surface area contributed by atoms with Crippen LogP contribution in [-0.2, 0) is 24.4 Å². The molecule has 0 fully saturated rings. The van der Waals surface area contributed by atoms with Gasteiger partial charge in [-0.25, -0.2) is 0 Å². The van der Waals surface area contributed by atoms with Gasteiger partial charge in [0.05, 0.1) is 5.56 Å². The number of halogens is 8. The van der Waals surface area contributed by atoms with Gasteiger partial charge in [-0.15, -0.1) is 0 Å². The number of nitrogens with one attached hydrogen (secondary N) is 1. The summed E-state index contributed by atoms with van der Waals surface area (Å²) in [5.74, 6) is -3.55. The molecule has 180 valence electrons. The Morgan fingerprint density at radius 2 is 1.62 bits per heavy atom. The van der Waals surface area contributed by atoms with Gasteiger partial charge in [-0.05, 0) is 86.3 Å². The summed E-state index contributed by atoms with van der Waals surface area (Å²) in [6.45, 7) is 0. The smallest absolute Gasteiger partial charge is 0.432 e. The van der Waals surface area contributed by atoms with Crippen LogP contribution in [-0.4, -0.2) is 48.3 Å². The van der Waals surface area contributed by atoms with E-state index in [9.17, 15) is 44.8 Å². The van der Waals surface area contributed by atoms with Gasteiger partial charge in [-0.3, -0.25) is 24.3 Å². The lowest BCUT2D eigenvalue weighted by Crippen LogP contribution is -2.52. The molecule has 0 heterocycles. The van der Waals surface area contributed by atoms with Crippen LogP contribution in [0, 0.1) is 10.7 Å². The molecular weight excluding hydrogens is 814 g/mol. The fourth-order valence-corrected chi connectivity index (χ4v) is 4.88. The quantitative estimate of drug-likeness (QED) is 0.134. The Kier molecular flexibility index (Phi) is 10.5. The highest BCUT2D eigenvalue weighted by molar-refractivity contribution is 14.1. The Labute approximate surface area is 218 Å². The number of alkyl halides is 5. The minimum atomic E-state index is -6.55. The standard InChI is InChI=1S/C15H11F5I3NO7S/c16-14(17,18)13(15(19,20)32(28,29)30)31-10(26)3-1-2-9(25)24-12(27)7-4-6(21)5-8(22)11(7)23/h4-5,13H,1-3H2,(H,24,25,27)(H,28,29,30). The van der Waals surface area contributed by atoms with Crippen LogP contribution in [0.25, 0.3) is 0 Å². The predicted molar refractivity (Wildman–Crippen MR) is 123 cm³/mol. The first-order valence-electron chi connectivity index (χ1n) is 7.97. The Hall–Kier alpha value is -0.420. The average Bonchev–Trinajstić information content (AvgIpc) is 2.60. The molecule has 0 bridgehead atoms. The molecule has 2 N–H and O–H groups in total. The van der Waals surface area contributed by atoms with Crippen molar-refractivity contribution in [3.8, 4) is 0 Å². The second-order valence-electron chi connectivity index (χ2n) is 5.93. The second kappa shape index (κ2) is 11.3. The minimum absolute atomic E-state index is 0.190. The zero-order chi connectivity index (χ0) is 25.1. The second-order valence-corrected chi connectivity index (χ2v) is 10.9. The fraction of sp³-hybridized carbons (Fsp3) is 0.400. The number of benzene rings is 1. The molecule has 1 aromatic rings. The third-order valence-corrected chi connectivity index (χ3v) is 8.04. The van der Waals surface area contributed by atoms with Crippen LogP contribution in [0.15, 0.2) is 12.1 Å². The molecule has 1 unspecified atom stereocenters. The van der Waals surface area contributed by atoms with Crippen molar-refractivity contribution in [3.63, 3.8) is 0 Å². The van der Waals surface area contributed by atoms with E-state index in [2.05, 4.69) is 4.74 Å². The summed E-state index contributed by atoms with van der Waals surface area (Å²) >= 11 is 5.83. The lowest BCUT2D eigenvalue weighted by molar-refractivity contribution is -0.259. The van der Waals surface area contributed by atoms with Crippen LogP contribution in [0.5, 0.6) is 0 Å². The van der Waals surface area contributed by atoms with Crippen molar-refractivity contribution in [1.29, 1.82) is 0 Å². The highest BCUT2D eigenvalue weighted by Crippen LogP contribution is 2.38. The first-order valence-corrected chi connectivity index (χ1v) is 12.6. The largest absolute Gasteiger partial charge is 0.445 e. The molecule has 32 heavy (non-hydrogen) atoms. The maximum Gasteiger partial charge on any atom is 0.432 e. The van der Waals surface area contributed by atoms with E-state index in [0.717, 1.165) is 3.57 Å². The zero-order valence-electron chi connectivity index (χ0n) is 15.2. The molecular formula is C15H11F5I3NO7S.